The average Bonchev–Trinajstić information content (AvgIpc) is 2.92. The number of methoxy groups -OCH3 is 1. The first-order valence-corrected chi connectivity index (χ1v) is 8.35. The van der Waals surface area contributed by atoms with Crippen LogP contribution < -0.4 is 4.74 Å². The normalized spacial score (nSPS) is 11.6. The molecule has 0 radical (unpaired) electrons. The van der Waals surface area contributed by atoms with E-state index in [1.54, 1.807) is 23.8 Å². The second-order valence-corrected chi connectivity index (χ2v) is 7.21. The number of carbonyl (C=O) groups is 1. The number of fused-ring (bicyclic) bond motifs is 1. The van der Waals surface area contributed by atoms with Crippen LogP contribution in [-0.4, -0.2) is 23.4 Å². The Morgan fingerprint density at radius 3 is 2.32 bits per heavy atom. The van der Waals surface area contributed by atoms with Crippen LogP contribution in [0.1, 0.15) is 20.8 Å². The third kappa shape index (κ3) is 3.64. The molecule has 0 bridgehead atoms. The average molecular weight is 358 g/mol. The maximum Gasteiger partial charge on any atom is 0.419 e. The lowest BCUT2D eigenvalue weighted by Crippen LogP contribution is -2.27. The lowest BCUT2D eigenvalue weighted by molar-refractivity contribution is 0.0547. The van der Waals surface area contributed by atoms with Gasteiger partial charge >= 0.3 is 6.09 Å². The van der Waals surface area contributed by atoms with E-state index in [0.29, 0.717) is 10.5 Å². The number of halogens is 1. The van der Waals surface area contributed by atoms with Crippen LogP contribution in [0.2, 0.25) is 5.02 Å². The zero-order valence-electron chi connectivity index (χ0n) is 14.7. The van der Waals surface area contributed by atoms with Crippen LogP contribution in [0.4, 0.5) is 4.79 Å². The van der Waals surface area contributed by atoms with Gasteiger partial charge in [0, 0.05) is 10.4 Å². The summed E-state index contributed by atoms with van der Waals surface area (Å²) in [7, 11) is 1.62. The van der Waals surface area contributed by atoms with Gasteiger partial charge in [-0.1, -0.05) is 17.7 Å². The topological polar surface area (TPSA) is 40.5 Å². The smallest absolute Gasteiger partial charge is 0.419 e. The molecule has 0 amide bonds. The van der Waals surface area contributed by atoms with E-state index in [1.807, 2.05) is 57.2 Å². The Morgan fingerprint density at radius 2 is 1.72 bits per heavy atom. The quantitative estimate of drug-likeness (QED) is 0.586. The van der Waals surface area contributed by atoms with Gasteiger partial charge in [-0.25, -0.2) is 9.36 Å². The van der Waals surface area contributed by atoms with Crippen molar-refractivity contribution < 1.29 is 14.3 Å². The van der Waals surface area contributed by atoms with Crippen LogP contribution in [-0.2, 0) is 4.74 Å². The Hall–Kier alpha value is -2.46. The van der Waals surface area contributed by atoms with Crippen molar-refractivity contribution in [2.45, 2.75) is 26.4 Å². The highest BCUT2D eigenvalue weighted by molar-refractivity contribution is 6.31. The van der Waals surface area contributed by atoms with E-state index in [4.69, 9.17) is 21.1 Å². The van der Waals surface area contributed by atoms with Crippen molar-refractivity contribution in [1.82, 2.24) is 4.57 Å². The van der Waals surface area contributed by atoms with Crippen molar-refractivity contribution in [3.05, 3.63) is 53.6 Å². The molecule has 3 aromatic rings. The largest absolute Gasteiger partial charge is 0.497 e. The van der Waals surface area contributed by atoms with Crippen LogP contribution >= 0.6 is 11.6 Å². The van der Waals surface area contributed by atoms with Gasteiger partial charge in [0.25, 0.3) is 0 Å². The van der Waals surface area contributed by atoms with E-state index in [0.717, 1.165) is 22.4 Å². The van der Waals surface area contributed by atoms with Gasteiger partial charge < -0.3 is 9.47 Å². The Kier molecular flexibility index (Phi) is 4.48. The van der Waals surface area contributed by atoms with Crippen molar-refractivity contribution in [2.24, 2.45) is 0 Å². The minimum absolute atomic E-state index is 0.435. The minimum Gasteiger partial charge on any atom is -0.497 e. The number of benzene rings is 2. The number of nitrogens with zero attached hydrogens (tertiary/aromatic N) is 1. The highest BCUT2D eigenvalue weighted by Gasteiger charge is 2.23. The fourth-order valence-corrected chi connectivity index (χ4v) is 2.82. The Labute approximate surface area is 151 Å². The summed E-state index contributed by atoms with van der Waals surface area (Å²) in [5, 5.41) is 1.48. The van der Waals surface area contributed by atoms with Gasteiger partial charge in [0.15, 0.2) is 0 Å². The summed E-state index contributed by atoms with van der Waals surface area (Å²) in [6.07, 6.45) is -0.435. The number of hydrogen-bond donors (Lipinski definition) is 0. The van der Waals surface area contributed by atoms with E-state index in [1.165, 1.54) is 0 Å². The van der Waals surface area contributed by atoms with Gasteiger partial charge in [-0.3, -0.25) is 0 Å². The first kappa shape index (κ1) is 17.4. The zero-order chi connectivity index (χ0) is 18.2. The molecule has 0 aliphatic carbocycles. The van der Waals surface area contributed by atoms with Crippen LogP contribution in [0.25, 0.3) is 22.2 Å². The van der Waals surface area contributed by atoms with E-state index in [-0.39, 0.29) is 0 Å². The summed E-state index contributed by atoms with van der Waals surface area (Å²) < 4.78 is 12.4. The molecule has 0 saturated heterocycles. The predicted molar refractivity (Wildman–Crippen MR) is 101 cm³/mol. The summed E-state index contributed by atoms with van der Waals surface area (Å²) in [6.45, 7) is 5.53. The molecule has 0 spiro atoms. The molecular formula is C20H20ClNO3. The Morgan fingerprint density at radius 1 is 1.04 bits per heavy atom. The number of carbonyl (C=O) groups excluding carboxylic acids is 1. The van der Waals surface area contributed by atoms with Crippen LogP contribution in [0.3, 0.4) is 0 Å². The maximum absolute atomic E-state index is 12.8. The standard InChI is InChI=1S/C20H20ClNO3/c1-20(2,3)25-19(23)22-17(13-6-9-16(24-4)10-7-13)11-14-5-8-15(21)12-18(14)22/h5-12H,1-4H3. The molecule has 1 aromatic heterocycles. The summed E-state index contributed by atoms with van der Waals surface area (Å²) in [4.78, 5) is 12.8. The first-order chi connectivity index (χ1) is 11.8. The fraction of sp³-hybridized carbons (Fsp3) is 0.250. The molecule has 2 aromatic carbocycles. The number of rotatable bonds is 2. The van der Waals surface area contributed by atoms with Crippen LogP contribution in [0.5, 0.6) is 5.75 Å². The molecular weight excluding hydrogens is 338 g/mol. The Bertz CT molecular complexity index is 921. The lowest BCUT2D eigenvalue weighted by atomic mass is 10.1. The summed E-state index contributed by atoms with van der Waals surface area (Å²) in [5.41, 5.74) is 1.75. The monoisotopic (exact) mass is 357 g/mol. The van der Waals surface area contributed by atoms with Crippen molar-refractivity contribution >= 4 is 28.6 Å². The van der Waals surface area contributed by atoms with E-state index in [9.17, 15) is 4.79 Å². The zero-order valence-corrected chi connectivity index (χ0v) is 15.4. The fourth-order valence-electron chi connectivity index (χ4n) is 2.65. The molecule has 4 nitrogen and oxygen atoms in total. The van der Waals surface area contributed by atoms with Gasteiger partial charge in [0.2, 0.25) is 0 Å². The van der Waals surface area contributed by atoms with Gasteiger partial charge in [0.1, 0.15) is 11.4 Å². The molecule has 0 saturated carbocycles. The number of aromatic nitrogens is 1. The molecule has 0 N–H and O–H groups in total. The van der Waals surface area contributed by atoms with Gasteiger partial charge in [-0.2, -0.15) is 0 Å². The Balaban J connectivity index is 2.19. The second-order valence-electron chi connectivity index (χ2n) is 6.78. The maximum atomic E-state index is 12.8. The molecule has 0 unspecified atom stereocenters. The van der Waals surface area contributed by atoms with E-state index < -0.39 is 11.7 Å². The molecule has 0 atom stereocenters. The molecule has 0 aliphatic rings. The molecule has 0 fully saturated rings. The number of ether oxygens (including phenoxy) is 2. The molecule has 5 heteroatoms. The third-order valence-corrected chi connectivity index (χ3v) is 3.96. The highest BCUT2D eigenvalue weighted by atomic mass is 35.5. The second kappa shape index (κ2) is 6.45. The number of hydrogen-bond acceptors (Lipinski definition) is 3. The van der Waals surface area contributed by atoms with Gasteiger partial charge in [-0.15, -0.1) is 0 Å². The van der Waals surface area contributed by atoms with Gasteiger partial charge in [-0.05, 0) is 68.8 Å². The van der Waals surface area contributed by atoms with Crippen molar-refractivity contribution in [3.63, 3.8) is 0 Å². The highest BCUT2D eigenvalue weighted by Crippen LogP contribution is 2.31. The molecule has 25 heavy (non-hydrogen) atoms. The van der Waals surface area contributed by atoms with Gasteiger partial charge in [0.05, 0.1) is 18.3 Å². The summed E-state index contributed by atoms with van der Waals surface area (Å²) in [5.74, 6) is 0.756. The van der Waals surface area contributed by atoms with Crippen LogP contribution in [0, 0.1) is 0 Å². The van der Waals surface area contributed by atoms with Crippen molar-refractivity contribution in [1.29, 1.82) is 0 Å². The third-order valence-electron chi connectivity index (χ3n) is 3.73. The predicted octanol–water partition coefficient (Wildman–Crippen LogP) is 5.75. The first-order valence-electron chi connectivity index (χ1n) is 7.97. The summed E-state index contributed by atoms with van der Waals surface area (Å²) >= 11 is 6.14. The molecule has 1 heterocycles. The van der Waals surface area contributed by atoms with Crippen molar-refractivity contribution in [3.8, 4) is 17.0 Å². The van der Waals surface area contributed by atoms with Crippen molar-refractivity contribution in [2.75, 3.05) is 7.11 Å². The SMILES string of the molecule is COc1ccc(-c2cc3ccc(Cl)cc3n2C(=O)OC(C)(C)C)cc1. The summed E-state index contributed by atoms with van der Waals surface area (Å²) in [6, 6.07) is 15.0. The van der Waals surface area contributed by atoms with Crippen LogP contribution in [0.15, 0.2) is 48.5 Å². The molecule has 3 rings (SSSR count). The van der Waals surface area contributed by atoms with E-state index in [2.05, 4.69) is 0 Å². The molecule has 130 valence electrons. The lowest BCUT2D eigenvalue weighted by Gasteiger charge is -2.21. The molecule has 0 aliphatic heterocycles. The minimum atomic E-state index is -0.594. The van der Waals surface area contributed by atoms with E-state index >= 15 is 0 Å².